The molecule has 0 aliphatic heterocycles. The van der Waals surface area contributed by atoms with Crippen LogP contribution < -0.4 is 4.74 Å². The highest BCUT2D eigenvalue weighted by Gasteiger charge is 2.24. The predicted octanol–water partition coefficient (Wildman–Crippen LogP) is 4.29. The molecule has 1 rings (SSSR count). The van der Waals surface area contributed by atoms with Gasteiger partial charge in [0.25, 0.3) is 0 Å². The molecular formula is C15H21BrO3. The zero-order chi connectivity index (χ0) is 14.3. The number of carbonyl (C=O) groups excluding carboxylic acids is 1. The van der Waals surface area contributed by atoms with Crippen LogP contribution in [0.15, 0.2) is 22.7 Å². The summed E-state index contributed by atoms with van der Waals surface area (Å²) in [5.41, 5.74) is 0.795. The lowest BCUT2D eigenvalue weighted by molar-refractivity contribution is -0.131. The lowest BCUT2D eigenvalue weighted by Crippen LogP contribution is -2.17. The molecular weight excluding hydrogens is 308 g/mol. The first-order valence-corrected chi connectivity index (χ1v) is 7.41. The molecule has 0 aliphatic carbocycles. The number of hydrogen-bond acceptors (Lipinski definition) is 3. The van der Waals surface area contributed by atoms with Crippen molar-refractivity contribution in [2.45, 2.75) is 39.2 Å². The van der Waals surface area contributed by atoms with Gasteiger partial charge >= 0.3 is 0 Å². The van der Waals surface area contributed by atoms with Gasteiger partial charge in [0.1, 0.15) is 11.9 Å². The summed E-state index contributed by atoms with van der Waals surface area (Å²) in [5, 5.41) is 0. The van der Waals surface area contributed by atoms with Crippen molar-refractivity contribution < 1.29 is 14.3 Å². The molecule has 0 fully saturated rings. The summed E-state index contributed by atoms with van der Waals surface area (Å²) in [5.74, 6) is 0.793. The van der Waals surface area contributed by atoms with Gasteiger partial charge in [0.2, 0.25) is 0 Å². The fraction of sp³-hybridized carbons (Fsp3) is 0.533. The zero-order valence-electron chi connectivity index (χ0n) is 11.7. The van der Waals surface area contributed by atoms with E-state index in [1.54, 1.807) is 7.11 Å². The Labute approximate surface area is 123 Å². The Morgan fingerprint density at radius 3 is 2.63 bits per heavy atom. The highest BCUT2D eigenvalue weighted by molar-refractivity contribution is 9.10. The van der Waals surface area contributed by atoms with Crippen LogP contribution >= 0.6 is 15.9 Å². The van der Waals surface area contributed by atoms with Crippen LogP contribution in [0.25, 0.3) is 0 Å². The molecule has 4 heteroatoms. The minimum absolute atomic E-state index is 0.104. The summed E-state index contributed by atoms with van der Waals surface area (Å²) in [7, 11) is 1.61. The van der Waals surface area contributed by atoms with Crippen LogP contribution in [0.2, 0.25) is 0 Å². The number of Topliss-reactive ketones (excluding diaryl/α,β-unsaturated/α-hetero) is 1. The number of ether oxygens (including phenoxy) is 2. The monoisotopic (exact) mass is 328 g/mol. The molecule has 19 heavy (non-hydrogen) atoms. The molecule has 1 aromatic carbocycles. The Morgan fingerprint density at radius 2 is 2.05 bits per heavy atom. The van der Waals surface area contributed by atoms with E-state index in [1.165, 1.54) is 0 Å². The maximum Gasteiger partial charge on any atom is 0.166 e. The van der Waals surface area contributed by atoms with Crippen molar-refractivity contribution in [3.8, 4) is 5.75 Å². The van der Waals surface area contributed by atoms with E-state index in [0.717, 1.165) is 22.9 Å². The lowest BCUT2D eigenvalue weighted by atomic mass is 10.0. The number of carbonyl (C=O) groups is 1. The fourth-order valence-electron chi connectivity index (χ4n) is 1.88. The van der Waals surface area contributed by atoms with Crippen LogP contribution in [0.5, 0.6) is 5.75 Å². The van der Waals surface area contributed by atoms with Crippen LogP contribution in [0, 0.1) is 0 Å². The van der Waals surface area contributed by atoms with Crippen LogP contribution in [-0.2, 0) is 9.53 Å². The van der Waals surface area contributed by atoms with E-state index >= 15 is 0 Å². The van der Waals surface area contributed by atoms with Crippen LogP contribution in [-0.4, -0.2) is 19.5 Å². The smallest absolute Gasteiger partial charge is 0.166 e. The van der Waals surface area contributed by atoms with Crippen LogP contribution in [0.4, 0.5) is 0 Å². The highest BCUT2D eigenvalue weighted by Crippen LogP contribution is 2.32. The van der Waals surface area contributed by atoms with Crippen molar-refractivity contribution in [1.82, 2.24) is 0 Å². The van der Waals surface area contributed by atoms with Gasteiger partial charge in [-0.3, -0.25) is 4.79 Å². The van der Waals surface area contributed by atoms with Crippen molar-refractivity contribution in [3.05, 3.63) is 28.2 Å². The van der Waals surface area contributed by atoms with Crippen molar-refractivity contribution in [1.29, 1.82) is 0 Å². The summed E-state index contributed by atoms with van der Waals surface area (Å²) in [4.78, 5) is 12.2. The molecule has 0 aromatic heterocycles. The highest BCUT2D eigenvalue weighted by atomic mass is 79.9. The Hall–Kier alpha value is -0.870. The molecule has 0 saturated heterocycles. The molecule has 3 nitrogen and oxygen atoms in total. The largest absolute Gasteiger partial charge is 0.496 e. The van der Waals surface area contributed by atoms with E-state index in [0.29, 0.717) is 18.8 Å². The number of halogens is 1. The third-order valence-corrected chi connectivity index (χ3v) is 3.24. The molecule has 0 heterocycles. The molecule has 0 saturated carbocycles. The van der Waals surface area contributed by atoms with Crippen molar-refractivity contribution in [2.75, 3.05) is 13.7 Å². The van der Waals surface area contributed by atoms with E-state index in [9.17, 15) is 4.79 Å². The first-order valence-electron chi connectivity index (χ1n) is 6.61. The molecule has 1 atom stereocenters. The zero-order valence-corrected chi connectivity index (χ0v) is 13.3. The number of hydrogen-bond donors (Lipinski definition) is 0. The molecule has 1 aromatic rings. The SMILES string of the molecule is CCCOC(C(=O)CCC)c1cc(Br)ccc1OC. The van der Waals surface area contributed by atoms with Gasteiger partial charge in [-0.25, -0.2) is 0 Å². The lowest BCUT2D eigenvalue weighted by Gasteiger charge is -2.19. The number of methoxy groups -OCH3 is 1. The molecule has 0 radical (unpaired) electrons. The predicted molar refractivity (Wildman–Crippen MR) is 79.6 cm³/mol. The molecule has 0 aliphatic rings. The Morgan fingerprint density at radius 1 is 1.32 bits per heavy atom. The van der Waals surface area contributed by atoms with E-state index in [-0.39, 0.29) is 5.78 Å². The summed E-state index contributed by atoms with van der Waals surface area (Å²) in [6, 6.07) is 5.64. The van der Waals surface area contributed by atoms with Gasteiger partial charge in [-0.15, -0.1) is 0 Å². The van der Waals surface area contributed by atoms with Crippen molar-refractivity contribution in [3.63, 3.8) is 0 Å². The average Bonchev–Trinajstić information content (AvgIpc) is 2.40. The van der Waals surface area contributed by atoms with Gasteiger partial charge in [0.05, 0.1) is 7.11 Å². The van der Waals surface area contributed by atoms with E-state index in [1.807, 2.05) is 32.0 Å². The summed E-state index contributed by atoms with van der Waals surface area (Å²) < 4.78 is 12.0. The first kappa shape index (κ1) is 16.2. The standard InChI is InChI=1S/C15H21BrO3/c1-4-6-13(17)15(19-9-5-2)12-10-11(16)7-8-14(12)18-3/h7-8,10,15H,4-6,9H2,1-3H3. The van der Waals surface area contributed by atoms with Gasteiger partial charge in [0, 0.05) is 23.1 Å². The Bertz CT molecular complexity index is 418. The van der Waals surface area contributed by atoms with Crippen LogP contribution in [0.1, 0.15) is 44.8 Å². The van der Waals surface area contributed by atoms with E-state index < -0.39 is 6.10 Å². The second-order valence-electron chi connectivity index (χ2n) is 4.35. The third kappa shape index (κ3) is 4.62. The van der Waals surface area contributed by atoms with Gasteiger partial charge < -0.3 is 9.47 Å². The number of benzene rings is 1. The molecule has 0 N–H and O–H groups in total. The van der Waals surface area contributed by atoms with Crippen molar-refractivity contribution in [2.24, 2.45) is 0 Å². The van der Waals surface area contributed by atoms with Gasteiger partial charge in [0.15, 0.2) is 5.78 Å². The first-order chi connectivity index (χ1) is 9.13. The maximum atomic E-state index is 12.2. The second kappa shape index (κ2) is 8.33. The summed E-state index contributed by atoms with van der Waals surface area (Å²) in [6.07, 6.45) is 1.68. The normalized spacial score (nSPS) is 12.2. The van der Waals surface area contributed by atoms with Gasteiger partial charge in [-0.1, -0.05) is 29.8 Å². The molecule has 1 unspecified atom stereocenters. The summed E-state index contributed by atoms with van der Waals surface area (Å²) >= 11 is 3.43. The van der Waals surface area contributed by atoms with Crippen molar-refractivity contribution >= 4 is 21.7 Å². The molecule has 106 valence electrons. The number of ketones is 1. The van der Waals surface area contributed by atoms with E-state index in [4.69, 9.17) is 9.47 Å². The Balaban J connectivity index is 3.07. The van der Waals surface area contributed by atoms with Crippen LogP contribution in [0.3, 0.4) is 0 Å². The summed E-state index contributed by atoms with van der Waals surface area (Å²) in [6.45, 7) is 4.59. The van der Waals surface area contributed by atoms with E-state index in [2.05, 4.69) is 15.9 Å². The topological polar surface area (TPSA) is 35.5 Å². The minimum atomic E-state index is -0.535. The van der Waals surface area contributed by atoms with Gasteiger partial charge in [-0.05, 0) is 31.0 Å². The molecule has 0 spiro atoms. The fourth-order valence-corrected chi connectivity index (χ4v) is 2.26. The third-order valence-electron chi connectivity index (χ3n) is 2.75. The number of rotatable bonds is 8. The Kier molecular flexibility index (Phi) is 7.10. The molecule has 0 amide bonds. The second-order valence-corrected chi connectivity index (χ2v) is 5.27. The minimum Gasteiger partial charge on any atom is -0.496 e. The average molecular weight is 329 g/mol. The molecule has 0 bridgehead atoms. The van der Waals surface area contributed by atoms with Gasteiger partial charge in [-0.2, -0.15) is 0 Å². The maximum absolute atomic E-state index is 12.2. The quantitative estimate of drug-likeness (QED) is 0.713.